The third-order valence-electron chi connectivity index (χ3n) is 7.26. The highest BCUT2D eigenvalue weighted by molar-refractivity contribution is 5.97. The van der Waals surface area contributed by atoms with E-state index < -0.39 is 6.09 Å². The number of fused-ring (bicyclic) bond motifs is 2. The molecule has 2 aromatic rings. The second-order valence-electron chi connectivity index (χ2n) is 9.52. The summed E-state index contributed by atoms with van der Waals surface area (Å²) in [5.41, 5.74) is 5.67. The number of carboxylic acid groups (broad SMARTS) is 1. The lowest BCUT2D eigenvalue weighted by Crippen LogP contribution is -2.44. The average molecular weight is 493 g/mol. The molecular weight excluding hydrogens is 456 g/mol. The Kier molecular flexibility index (Phi) is 8.13. The van der Waals surface area contributed by atoms with Crippen molar-refractivity contribution in [3.63, 3.8) is 0 Å². The van der Waals surface area contributed by atoms with Crippen LogP contribution in [0, 0.1) is 6.92 Å². The number of benzene rings is 1. The zero-order valence-corrected chi connectivity index (χ0v) is 21.3. The second kappa shape index (κ2) is 11.5. The van der Waals surface area contributed by atoms with Gasteiger partial charge in [-0.15, -0.1) is 0 Å². The van der Waals surface area contributed by atoms with Gasteiger partial charge in [0.2, 0.25) is 5.88 Å². The van der Waals surface area contributed by atoms with Gasteiger partial charge >= 0.3 is 6.09 Å². The van der Waals surface area contributed by atoms with E-state index in [2.05, 4.69) is 51.7 Å². The van der Waals surface area contributed by atoms with Crippen LogP contribution in [-0.2, 0) is 19.4 Å². The molecular formula is C28H36N4O4. The first-order chi connectivity index (χ1) is 17.4. The highest BCUT2D eigenvalue weighted by atomic mass is 16.5. The van der Waals surface area contributed by atoms with Gasteiger partial charge in [-0.3, -0.25) is 4.79 Å². The van der Waals surface area contributed by atoms with Crippen LogP contribution in [-0.4, -0.2) is 47.8 Å². The molecule has 36 heavy (non-hydrogen) atoms. The lowest BCUT2D eigenvalue weighted by atomic mass is 9.89. The van der Waals surface area contributed by atoms with Crippen molar-refractivity contribution in [3.05, 3.63) is 64.4 Å². The van der Waals surface area contributed by atoms with Gasteiger partial charge in [0.1, 0.15) is 0 Å². The van der Waals surface area contributed by atoms with Gasteiger partial charge in [-0.25, -0.2) is 9.78 Å². The molecule has 3 N–H and O–H groups in total. The number of methoxy groups -OCH3 is 1. The number of hydrogen-bond donors (Lipinski definition) is 3. The van der Waals surface area contributed by atoms with Gasteiger partial charge in [-0.2, -0.15) is 0 Å². The molecule has 1 aromatic carbocycles. The Morgan fingerprint density at radius 3 is 2.64 bits per heavy atom. The molecule has 4 rings (SSSR count). The van der Waals surface area contributed by atoms with Gasteiger partial charge in [0, 0.05) is 47.7 Å². The fraction of sp³-hybridized carbons (Fsp3) is 0.464. The van der Waals surface area contributed by atoms with E-state index in [1.54, 1.807) is 7.11 Å². The Morgan fingerprint density at radius 2 is 1.94 bits per heavy atom. The van der Waals surface area contributed by atoms with E-state index in [1.165, 1.54) is 0 Å². The molecule has 0 bridgehead atoms. The maximum Gasteiger partial charge on any atom is 0.404 e. The van der Waals surface area contributed by atoms with Crippen LogP contribution in [0.25, 0.3) is 0 Å². The topological polar surface area (TPSA) is 104 Å². The van der Waals surface area contributed by atoms with Gasteiger partial charge in [-0.05, 0) is 81.7 Å². The van der Waals surface area contributed by atoms with Crippen molar-refractivity contribution < 1.29 is 19.4 Å². The van der Waals surface area contributed by atoms with Crippen LogP contribution < -0.4 is 20.3 Å². The Labute approximate surface area is 212 Å². The molecule has 0 unspecified atom stereocenters. The van der Waals surface area contributed by atoms with Crippen LogP contribution in [0.5, 0.6) is 5.88 Å². The maximum absolute atomic E-state index is 13.4. The smallest absolute Gasteiger partial charge is 0.404 e. The van der Waals surface area contributed by atoms with Crippen LogP contribution in [0.15, 0.2) is 36.4 Å². The number of ether oxygens (including phenoxy) is 1. The number of anilines is 1. The van der Waals surface area contributed by atoms with Gasteiger partial charge < -0.3 is 25.4 Å². The molecule has 1 saturated carbocycles. The molecule has 0 radical (unpaired) electrons. The van der Waals surface area contributed by atoms with Crippen molar-refractivity contribution in [1.29, 1.82) is 0 Å². The standard InChI is InChI=1S/C28H36N4O4/c1-4-32(21-14-12-20(13-15-21)31-28(34)35)25-11-7-10-23-22(25)9-6-5-8-19-16-18(2)30-27(36-3)24(19)17-29-26(23)33/h5-7,10-11,16,20-21,31H,4,8-9,12-15,17H2,1-3H3,(H,29,33)(H,34,35)/t20-,21-. The molecule has 1 aromatic heterocycles. The van der Waals surface area contributed by atoms with E-state index in [9.17, 15) is 9.59 Å². The summed E-state index contributed by atoms with van der Waals surface area (Å²) in [6, 6.07) is 8.33. The predicted molar refractivity (Wildman–Crippen MR) is 140 cm³/mol. The zero-order valence-electron chi connectivity index (χ0n) is 21.3. The maximum atomic E-state index is 13.4. The second-order valence-corrected chi connectivity index (χ2v) is 9.52. The fourth-order valence-corrected chi connectivity index (χ4v) is 5.55. The summed E-state index contributed by atoms with van der Waals surface area (Å²) in [6.07, 6.45) is 8.19. The molecule has 192 valence electrons. The number of nitrogens with zero attached hydrogens (tertiary/aromatic N) is 2. The van der Waals surface area contributed by atoms with E-state index in [4.69, 9.17) is 9.84 Å². The Bertz CT molecular complexity index is 1140. The van der Waals surface area contributed by atoms with Crippen LogP contribution >= 0.6 is 0 Å². The molecule has 2 amide bonds. The predicted octanol–water partition coefficient (Wildman–Crippen LogP) is 4.39. The molecule has 0 spiro atoms. The van der Waals surface area contributed by atoms with Gasteiger partial charge in [0.25, 0.3) is 5.91 Å². The zero-order chi connectivity index (χ0) is 25.7. The van der Waals surface area contributed by atoms with Gasteiger partial charge in [0.15, 0.2) is 0 Å². The third kappa shape index (κ3) is 5.64. The normalized spacial score (nSPS) is 19.8. The first-order valence-corrected chi connectivity index (χ1v) is 12.8. The summed E-state index contributed by atoms with van der Waals surface area (Å²) in [5.74, 6) is 0.443. The number of aromatic nitrogens is 1. The van der Waals surface area contributed by atoms with E-state index in [0.717, 1.165) is 66.7 Å². The number of pyridine rings is 1. The van der Waals surface area contributed by atoms with Crippen molar-refractivity contribution in [2.75, 3.05) is 18.6 Å². The monoisotopic (exact) mass is 492 g/mol. The van der Waals surface area contributed by atoms with Crippen LogP contribution in [0.2, 0.25) is 0 Å². The van der Waals surface area contributed by atoms with Crippen LogP contribution in [0.4, 0.5) is 10.5 Å². The molecule has 2 aliphatic rings. The van der Waals surface area contributed by atoms with Crippen molar-refractivity contribution in [2.24, 2.45) is 0 Å². The summed E-state index contributed by atoms with van der Waals surface area (Å²) < 4.78 is 5.53. The van der Waals surface area contributed by atoms with Gasteiger partial charge in [0.05, 0.1) is 7.11 Å². The molecule has 1 fully saturated rings. The summed E-state index contributed by atoms with van der Waals surface area (Å²) in [6.45, 7) is 5.25. The van der Waals surface area contributed by atoms with Crippen molar-refractivity contribution in [2.45, 2.75) is 71.0 Å². The first-order valence-electron chi connectivity index (χ1n) is 12.8. The number of aryl methyl sites for hydroxylation is 1. The van der Waals surface area contributed by atoms with Crippen LogP contribution in [0.1, 0.15) is 65.3 Å². The minimum atomic E-state index is -0.957. The van der Waals surface area contributed by atoms with E-state index >= 15 is 0 Å². The van der Waals surface area contributed by atoms with E-state index in [0.29, 0.717) is 30.5 Å². The molecule has 0 saturated heterocycles. The number of rotatable bonds is 5. The highest BCUT2D eigenvalue weighted by Gasteiger charge is 2.28. The van der Waals surface area contributed by atoms with Crippen LogP contribution in [0.3, 0.4) is 0 Å². The molecule has 1 aliphatic heterocycles. The Balaban J connectivity index is 1.63. The number of carbonyl (C=O) groups excluding carboxylic acids is 1. The molecule has 2 heterocycles. The summed E-state index contributed by atoms with van der Waals surface area (Å²) in [4.78, 5) is 31.4. The Morgan fingerprint density at radius 1 is 1.19 bits per heavy atom. The number of nitrogens with one attached hydrogen (secondary N) is 2. The minimum absolute atomic E-state index is 0.00957. The quantitative estimate of drug-likeness (QED) is 0.535. The van der Waals surface area contributed by atoms with E-state index in [-0.39, 0.29) is 11.9 Å². The third-order valence-corrected chi connectivity index (χ3v) is 7.26. The lowest BCUT2D eigenvalue weighted by molar-refractivity contribution is 0.0949. The summed E-state index contributed by atoms with van der Waals surface area (Å²) >= 11 is 0. The summed E-state index contributed by atoms with van der Waals surface area (Å²) in [5, 5.41) is 14.8. The summed E-state index contributed by atoms with van der Waals surface area (Å²) in [7, 11) is 1.61. The Hall–Kier alpha value is -3.55. The fourth-order valence-electron chi connectivity index (χ4n) is 5.55. The largest absolute Gasteiger partial charge is 0.481 e. The van der Waals surface area contributed by atoms with Gasteiger partial charge in [-0.1, -0.05) is 18.2 Å². The first kappa shape index (κ1) is 25.5. The molecule has 8 nitrogen and oxygen atoms in total. The number of allylic oxidation sites excluding steroid dienone is 2. The molecule has 8 heteroatoms. The molecule has 1 aliphatic carbocycles. The highest BCUT2D eigenvalue weighted by Crippen LogP contribution is 2.32. The molecule has 0 atom stereocenters. The average Bonchev–Trinajstić information content (AvgIpc) is 2.89. The lowest BCUT2D eigenvalue weighted by Gasteiger charge is -2.39. The number of amides is 2. The van der Waals surface area contributed by atoms with E-state index in [1.807, 2.05) is 19.1 Å². The number of carbonyl (C=O) groups is 2. The number of hydrogen-bond acceptors (Lipinski definition) is 5. The van der Waals surface area contributed by atoms with Crippen molar-refractivity contribution in [1.82, 2.24) is 15.6 Å². The SMILES string of the molecule is CCN(c1cccc2c1CC=CCc1cc(C)nc(OC)c1CNC2=O)[C@H]1CC[C@H](NC(=O)O)CC1. The minimum Gasteiger partial charge on any atom is -0.481 e. The van der Waals surface area contributed by atoms with Crippen molar-refractivity contribution in [3.8, 4) is 5.88 Å². The van der Waals surface area contributed by atoms with Crippen molar-refractivity contribution >= 4 is 17.7 Å².